The number of benzene rings is 1. The summed E-state index contributed by atoms with van der Waals surface area (Å²) in [5, 5.41) is 5.35. The molecule has 0 spiro atoms. The highest BCUT2D eigenvalue weighted by molar-refractivity contribution is 6.07. The normalized spacial score (nSPS) is 17.6. The van der Waals surface area contributed by atoms with E-state index in [-0.39, 0.29) is 24.3 Å². The van der Waals surface area contributed by atoms with Crippen LogP contribution in [0.1, 0.15) is 45.6 Å². The van der Waals surface area contributed by atoms with Crippen molar-refractivity contribution in [2.45, 2.75) is 46.1 Å². The van der Waals surface area contributed by atoms with Crippen molar-refractivity contribution >= 4 is 23.5 Å². The van der Waals surface area contributed by atoms with E-state index in [4.69, 9.17) is 0 Å². The number of amides is 4. The van der Waals surface area contributed by atoms with Gasteiger partial charge in [0.25, 0.3) is 5.91 Å². The van der Waals surface area contributed by atoms with Gasteiger partial charge in [0.2, 0.25) is 5.91 Å². The van der Waals surface area contributed by atoms with E-state index in [1.165, 1.54) is 5.56 Å². The maximum absolute atomic E-state index is 12.2. The minimum atomic E-state index is -0.532. The van der Waals surface area contributed by atoms with E-state index in [0.29, 0.717) is 18.0 Å². The number of anilines is 1. The van der Waals surface area contributed by atoms with Crippen molar-refractivity contribution in [3.63, 3.8) is 0 Å². The molecule has 0 saturated carbocycles. The van der Waals surface area contributed by atoms with Gasteiger partial charge in [-0.3, -0.25) is 14.5 Å². The number of imide groups is 1. The van der Waals surface area contributed by atoms with Crippen LogP contribution < -0.4 is 10.6 Å². The average Bonchev–Trinajstić information content (AvgIpc) is 2.74. The Balaban J connectivity index is 1.94. The topological polar surface area (TPSA) is 78.5 Å². The van der Waals surface area contributed by atoms with Gasteiger partial charge in [0.1, 0.15) is 12.6 Å². The summed E-state index contributed by atoms with van der Waals surface area (Å²) in [5.74, 6) is -0.0222. The van der Waals surface area contributed by atoms with Gasteiger partial charge in [-0.25, -0.2) is 4.79 Å². The molecule has 1 heterocycles. The van der Waals surface area contributed by atoms with Gasteiger partial charge in [0.15, 0.2) is 0 Å². The molecule has 1 aromatic carbocycles. The molecule has 0 aromatic heterocycles. The Morgan fingerprint density at radius 2 is 1.79 bits per heavy atom. The molecule has 1 aliphatic heterocycles. The summed E-state index contributed by atoms with van der Waals surface area (Å²) >= 11 is 0. The van der Waals surface area contributed by atoms with Gasteiger partial charge in [0, 0.05) is 5.69 Å². The van der Waals surface area contributed by atoms with Crippen LogP contribution in [0.3, 0.4) is 0 Å². The van der Waals surface area contributed by atoms with E-state index >= 15 is 0 Å². The Kier molecular flexibility index (Phi) is 5.59. The Morgan fingerprint density at radius 1 is 1.17 bits per heavy atom. The van der Waals surface area contributed by atoms with Crippen LogP contribution in [0.15, 0.2) is 24.3 Å². The molecule has 0 unspecified atom stereocenters. The van der Waals surface area contributed by atoms with E-state index in [2.05, 4.69) is 24.5 Å². The Labute approximate surface area is 142 Å². The van der Waals surface area contributed by atoms with Crippen molar-refractivity contribution in [1.29, 1.82) is 0 Å². The van der Waals surface area contributed by atoms with Crippen LogP contribution >= 0.6 is 0 Å². The predicted molar refractivity (Wildman–Crippen MR) is 92.6 cm³/mol. The first-order valence-electron chi connectivity index (χ1n) is 8.29. The number of nitrogens with one attached hydrogen (secondary N) is 2. The summed E-state index contributed by atoms with van der Waals surface area (Å²) < 4.78 is 0. The molecule has 1 aliphatic rings. The monoisotopic (exact) mass is 331 g/mol. The van der Waals surface area contributed by atoms with Gasteiger partial charge in [0.05, 0.1) is 0 Å². The maximum atomic E-state index is 12.2. The van der Waals surface area contributed by atoms with Crippen LogP contribution in [0.5, 0.6) is 0 Å². The zero-order valence-corrected chi connectivity index (χ0v) is 14.6. The lowest BCUT2D eigenvalue weighted by Crippen LogP contribution is -2.38. The Morgan fingerprint density at radius 3 is 2.33 bits per heavy atom. The van der Waals surface area contributed by atoms with Crippen LogP contribution in [0.25, 0.3) is 0 Å². The Bertz CT molecular complexity index is 623. The van der Waals surface area contributed by atoms with Crippen LogP contribution in [0.4, 0.5) is 10.5 Å². The molecule has 6 nitrogen and oxygen atoms in total. The molecule has 130 valence electrons. The van der Waals surface area contributed by atoms with Crippen molar-refractivity contribution in [2.75, 3.05) is 11.9 Å². The molecule has 24 heavy (non-hydrogen) atoms. The second-order valence-corrected chi connectivity index (χ2v) is 6.88. The van der Waals surface area contributed by atoms with Gasteiger partial charge in [-0.1, -0.05) is 39.8 Å². The third kappa shape index (κ3) is 4.34. The quantitative estimate of drug-likeness (QED) is 0.787. The predicted octanol–water partition coefficient (Wildman–Crippen LogP) is 2.72. The molecule has 1 fully saturated rings. The van der Waals surface area contributed by atoms with Crippen LogP contribution in [0, 0.1) is 5.92 Å². The van der Waals surface area contributed by atoms with E-state index in [9.17, 15) is 14.4 Å². The zero-order valence-electron chi connectivity index (χ0n) is 14.6. The molecule has 1 aromatic rings. The summed E-state index contributed by atoms with van der Waals surface area (Å²) in [6.45, 7) is 7.88. The number of carbonyl (C=O) groups is 3. The second kappa shape index (κ2) is 7.47. The number of urea groups is 1. The standard InChI is InChI=1S/C18H25N3O3/c1-11(2)9-15-17(23)21(18(24)20-15)10-16(22)19-14-7-5-13(6-8-14)12(3)4/h5-8,11-12,15H,9-10H2,1-4H3,(H,19,22)(H,20,24)/t15-/m1/s1. The molecule has 1 saturated heterocycles. The second-order valence-electron chi connectivity index (χ2n) is 6.88. The smallest absolute Gasteiger partial charge is 0.325 e. The number of carbonyl (C=O) groups excluding carboxylic acids is 3. The number of hydrogen-bond acceptors (Lipinski definition) is 3. The number of hydrogen-bond donors (Lipinski definition) is 2. The Hall–Kier alpha value is -2.37. The van der Waals surface area contributed by atoms with E-state index in [1.54, 1.807) is 0 Å². The van der Waals surface area contributed by atoms with Gasteiger partial charge in [-0.05, 0) is 36.0 Å². The average molecular weight is 331 g/mol. The fraction of sp³-hybridized carbons (Fsp3) is 0.500. The lowest BCUT2D eigenvalue weighted by atomic mass is 10.0. The molecule has 6 heteroatoms. The fourth-order valence-corrected chi connectivity index (χ4v) is 2.65. The van der Waals surface area contributed by atoms with Crippen molar-refractivity contribution in [3.05, 3.63) is 29.8 Å². The largest absolute Gasteiger partial charge is 0.326 e. The molecule has 0 bridgehead atoms. The lowest BCUT2D eigenvalue weighted by molar-refractivity contribution is -0.131. The molecule has 2 rings (SSSR count). The fourth-order valence-electron chi connectivity index (χ4n) is 2.65. The van der Waals surface area contributed by atoms with Crippen molar-refractivity contribution in [2.24, 2.45) is 5.92 Å². The molecule has 0 radical (unpaired) electrons. The van der Waals surface area contributed by atoms with Crippen LogP contribution in [-0.4, -0.2) is 35.3 Å². The highest BCUT2D eigenvalue weighted by atomic mass is 16.2. The summed E-state index contributed by atoms with van der Waals surface area (Å²) in [6.07, 6.45) is 0.569. The highest BCUT2D eigenvalue weighted by Crippen LogP contribution is 2.18. The molecule has 1 atom stereocenters. The first-order chi connectivity index (χ1) is 11.3. The first-order valence-corrected chi connectivity index (χ1v) is 8.29. The van der Waals surface area contributed by atoms with E-state index < -0.39 is 12.1 Å². The molecule has 4 amide bonds. The summed E-state index contributed by atoms with van der Waals surface area (Å²) in [6, 6.07) is 6.51. The van der Waals surface area contributed by atoms with E-state index in [1.807, 2.05) is 38.1 Å². The van der Waals surface area contributed by atoms with Crippen LogP contribution in [0.2, 0.25) is 0 Å². The van der Waals surface area contributed by atoms with Gasteiger partial charge in [-0.15, -0.1) is 0 Å². The zero-order chi connectivity index (χ0) is 17.9. The van der Waals surface area contributed by atoms with Crippen molar-refractivity contribution in [1.82, 2.24) is 10.2 Å². The summed E-state index contributed by atoms with van der Waals surface area (Å²) in [7, 11) is 0. The lowest BCUT2D eigenvalue weighted by Gasteiger charge is -2.14. The third-order valence-corrected chi connectivity index (χ3v) is 3.98. The first kappa shape index (κ1) is 18.0. The van der Waals surface area contributed by atoms with Crippen molar-refractivity contribution < 1.29 is 14.4 Å². The van der Waals surface area contributed by atoms with E-state index in [0.717, 1.165) is 4.90 Å². The minimum Gasteiger partial charge on any atom is -0.326 e. The van der Waals surface area contributed by atoms with Crippen LogP contribution in [-0.2, 0) is 9.59 Å². The molecule has 0 aliphatic carbocycles. The highest BCUT2D eigenvalue weighted by Gasteiger charge is 2.38. The molecule has 2 N–H and O–H groups in total. The van der Waals surface area contributed by atoms with Gasteiger partial charge < -0.3 is 10.6 Å². The van der Waals surface area contributed by atoms with Gasteiger partial charge in [-0.2, -0.15) is 0 Å². The summed E-state index contributed by atoms with van der Waals surface area (Å²) in [4.78, 5) is 37.2. The minimum absolute atomic E-state index is 0.273. The molecular formula is C18H25N3O3. The SMILES string of the molecule is CC(C)C[C@H]1NC(=O)N(CC(=O)Nc2ccc(C(C)C)cc2)C1=O. The molecular weight excluding hydrogens is 306 g/mol. The third-order valence-electron chi connectivity index (χ3n) is 3.98. The maximum Gasteiger partial charge on any atom is 0.325 e. The number of nitrogens with zero attached hydrogens (tertiary/aromatic N) is 1. The number of rotatable bonds is 6. The van der Waals surface area contributed by atoms with Gasteiger partial charge >= 0.3 is 6.03 Å². The van der Waals surface area contributed by atoms with Crippen molar-refractivity contribution in [3.8, 4) is 0 Å². The summed E-state index contributed by atoms with van der Waals surface area (Å²) in [5.41, 5.74) is 1.83.